The van der Waals surface area contributed by atoms with Gasteiger partial charge in [-0.3, -0.25) is 10.1 Å². The monoisotopic (exact) mass is 335 g/mol. The quantitative estimate of drug-likeness (QED) is 0.602. The van der Waals surface area contributed by atoms with Crippen molar-refractivity contribution >= 4 is 28.1 Å². The Kier molecular flexibility index (Phi) is 6.53. The highest BCUT2D eigenvalue weighted by Gasteiger charge is 2.18. The molecule has 21 heavy (non-hydrogen) atoms. The normalized spacial score (nSPS) is 18.2. The Labute approximate surface area is 129 Å². The van der Waals surface area contributed by atoms with Crippen LogP contribution in [0.2, 0.25) is 0 Å². The Balaban J connectivity index is 0.00000220. The van der Waals surface area contributed by atoms with Crippen molar-refractivity contribution in [2.45, 2.75) is 17.7 Å². The van der Waals surface area contributed by atoms with Gasteiger partial charge in [0, 0.05) is 18.7 Å². The third-order valence-electron chi connectivity index (χ3n) is 3.36. The summed E-state index contributed by atoms with van der Waals surface area (Å²) in [5.41, 5.74) is -0.124. The number of nitro benzene ring substituents is 1. The fourth-order valence-corrected chi connectivity index (χ4v) is 3.24. The Hall–Kier alpha value is -1.22. The van der Waals surface area contributed by atoms with Gasteiger partial charge < -0.3 is 5.32 Å². The number of sulfonamides is 1. The van der Waals surface area contributed by atoms with Crippen molar-refractivity contribution in [2.75, 3.05) is 19.6 Å². The molecule has 2 rings (SSSR count). The van der Waals surface area contributed by atoms with Crippen LogP contribution in [0, 0.1) is 16.0 Å². The summed E-state index contributed by atoms with van der Waals surface area (Å²) < 4.78 is 26.5. The maximum Gasteiger partial charge on any atom is 0.269 e. The highest BCUT2D eigenvalue weighted by molar-refractivity contribution is 7.89. The van der Waals surface area contributed by atoms with Gasteiger partial charge in [0.1, 0.15) is 0 Å². The number of rotatable bonds is 6. The van der Waals surface area contributed by atoms with E-state index in [2.05, 4.69) is 10.0 Å². The summed E-state index contributed by atoms with van der Waals surface area (Å²) >= 11 is 0. The number of hydrogen-bond acceptors (Lipinski definition) is 5. The predicted molar refractivity (Wildman–Crippen MR) is 81.1 cm³/mol. The van der Waals surface area contributed by atoms with E-state index in [0.29, 0.717) is 12.5 Å². The summed E-state index contributed by atoms with van der Waals surface area (Å²) in [6.45, 7) is 2.30. The van der Waals surface area contributed by atoms with E-state index in [1.807, 2.05) is 0 Å². The van der Waals surface area contributed by atoms with Gasteiger partial charge in [0.25, 0.3) is 5.69 Å². The second-order valence-electron chi connectivity index (χ2n) is 4.80. The highest BCUT2D eigenvalue weighted by atomic mass is 35.5. The molecule has 9 heteroatoms. The number of halogens is 1. The first kappa shape index (κ1) is 17.8. The van der Waals surface area contributed by atoms with Gasteiger partial charge in [-0.25, -0.2) is 13.1 Å². The summed E-state index contributed by atoms with van der Waals surface area (Å²) in [5.74, 6) is 0.509. The van der Waals surface area contributed by atoms with Crippen LogP contribution in [-0.4, -0.2) is 33.0 Å². The van der Waals surface area contributed by atoms with E-state index in [1.165, 1.54) is 24.3 Å². The molecule has 1 aliphatic heterocycles. The molecule has 1 aliphatic rings. The highest BCUT2D eigenvalue weighted by Crippen LogP contribution is 2.16. The number of nitro groups is 1. The Morgan fingerprint density at radius 3 is 2.52 bits per heavy atom. The molecule has 0 spiro atoms. The second-order valence-corrected chi connectivity index (χ2v) is 6.56. The zero-order valence-corrected chi connectivity index (χ0v) is 13.0. The molecule has 118 valence electrons. The summed E-state index contributed by atoms with van der Waals surface area (Å²) in [5, 5.41) is 13.7. The van der Waals surface area contributed by atoms with E-state index in [-0.39, 0.29) is 23.0 Å². The molecule has 0 amide bonds. The van der Waals surface area contributed by atoms with Crippen LogP contribution in [0.1, 0.15) is 12.8 Å². The fraction of sp³-hybridized carbons (Fsp3) is 0.500. The average molecular weight is 336 g/mol. The molecule has 1 heterocycles. The molecule has 1 atom stereocenters. The van der Waals surface area contributed by atoms with Crippen LogP contribution in [0.3, 0.4) is 0 Å². The number of benzene rings is 1. The molecule has 7 nitrogen and oxygen atoms in total. The number of non-ortho nitro benzene ring substituents is 1. The minimum absolute atomic E-state index is 0. The minimum Gasteiger partial charge on any atom is -0.316 e. The maximum absolute atomic E-state index is 12.0. The Morgan fingerprint density at radius 2 is 2.00 bits per heavy atom. The number of hydrogen-bond donors (Lipinski definition) is 2. The van der Waals surface area contributed by atoms with Crippen molar-refractivity contribution in [1.29, 1.82) is 0 Å². The van der Waals surface area contributed by atoms with Crippen LogP contribution in [0.5, 0.6) is 0 Å². The molecule has 0 aromatic heterocycles. The van der Waals surface area contributed by atoms with Gasteiger partial charge in [-0.05, 0) is 44.0 Å². The van der Waals surface area contributed by atoms with Gasteiger partial charge in [-0.2, -0.15) is 0 Å². The predicted octanol–water partition coefficient (Wildman–Crippen LogP) is 1.29. The second kappa shape index (κ2) is 7.69. The van der Waals surface area contributed by atoms with Crippen LogP contribution in [-0.2, 0) is 10.0 Å². The lowest BCUT2D eigenvalue weighted by Gasteiger charge is -2.10. The van der Waals surface area contributed by atoms with E-state index in [0.717, 1.165) is 25.9 Å². The topological polar surface area (TPSA) is 101 Å². The van der Waals surface area contributed by atoms with Crippen LogP contribution < -0.4 is 10.0 Å². The van der Waals surface area contributed by atoms with Crippen LogP contribution in [0.15, 0.2) is 29.2 Å². The Bertz CT molecular complexity index is 571. The van der Waals surface area contributed by atoms with Crippen LogP contribution in [0.25, 0.3) is 0 Å². The summed E-state index contributed by atoms with van der Waals surface area (Å²) in [6.07, 6.45) is 1.86. The summed E-state index contributed by atoms with van der Waals surface area (Å²) in [6, 6.07) is 4.88. The van der Waals surface area contributed by atoms with E-state index >= 15 is 0 Å². The van der Waals surface area contributed by atoms with Gasteiger partial charge in [-0.1, -0.05) is 0 Å². The summed E-state index contributed by atoms with van der Waals surface area (Å²) in [4.78, 5) is 10.0. The molecular weight excluding hydrogens is 318 g/mol. The standard InChI is InChI=1S/C12H17N3O4S.ClH/c16-15(17)11-1-3-12(4-2-11)20(18,19)14-8-6-10-5-7-13-9-10;/h1-4,10,13-14H,5-9H2;1H. The molecule has 1 fully saturated rings. The summed E-state index contributed by atoms with van der Waals surface area (Å²) in [7, 11) is -3.59. The molecule has 1 aromatic rings. The molecule has 0 radical (unpaired) electrons. The van der Waals surface area contributed by atoms with Gasteiger partial charge in [0.15, 0.2) is 0 Å². The molecule has 2 N–H and O–H groups in total. The van der Waals surface area contributed by atoms with Crippen molar-refractivity contribution in [1.82, 2.24) is 10.0 Å². The molecule has 0 aliphatic carbocycles. The minimum atomic E-state index is -3.59. The average Bonchev–Trinajstić information content (AvgIpc) is 2.92. The zero-order valence-electron chi connectivity index (χ0n) is 11.3. The molecular formula is C12H18ClN3O4S. The smallest absolute Gasteiger partial charge is 0.269 e. The van der Waals surface area contributed by atoms with Gasteiger partial charge in [-0.15, -0.1) is 12.4 Å². The number of nitrogens with zero attached hydrogens (tertiary/aromatic N) is 1. The van der Waals surface area contributed by atoms with Crippen LogP contribution in [0.4, 0.5) is 5.69 Å². The number of nitrogens with one attached hydrogen (secondary N) is 2. The van der Waals surface area contributed by atoms with Crippen LogP contribution >= 0.6 is 12.4 Å². The maximum atomic E-state index is 12.0. The van der Waals surface area contributed by atoms with Crippen molar-refractivity contribution in [3.05, 3.63) is 34.4 Å². The van der Waals surface area contributed by atoms with E-state index in [9.17, 15) is 18.5 Å². The molecule has 1 unspecified atom stereocenters. The lowest BCUT2D eigenvalue weighted by atomic mass is 10.1. The van der Waals surface area contributed by atoms with E-state index in [1.54, 1.807) is 0 Å². The van der Waals surface area contributed by atoms with E-state index < -0.39 is 14.9 Å². The lowest BCUT2D eigenvalue weighted by molar-refractivity contribution is -0.384. The van der Waals surface area contributed by atoms with Crippen molar-refractivity contribution in [2.24, 2.45) is 5.92 Å². The first-order chi connectivity index (χ1) is 9.49. The first-order valence-electron chi connectivity index (χ1n) is 6.44. The van der Waals surface area contributed by atoms with Crippen molar-refractivity contribution in [3.63, 3.8) is 0 Å². The van der Waals surface area contributed by atoms with Gasteiger partial charge in [0.05, 0.1) is 9.82 Å². The fourth-order valence-electron chi connectivity index (χ4n) is 2.19. The first-order valence-corrected chi connectivity index (χ1v) is 7.92. The van der Waals surface area contributed by atoms with Gasteiger partial charge >= 0.3 is 0 Å². The SMILES string of the molecule is Cl.O=[N+]([O-])c1ccc(S(=O)(=O)NCCC2CCNC2)cc1. The molecule has 1 aromatic carbocycles. The molecule has 0 saturated carbocycles. The van der Waals surface area contributed by atoms with Gasteiger partial charge in [0.2, 0.25) is 10.0 Å². The van der Waals surface area contributed by atoms with Crippen molar-refractivity contribution < 1.29 is 13.3 Å². The van der Waals surface area contributed by atoms with Crippen molar-refractivity contribution in [3.8, 4) is 0 Å². The lowest BCUT2D eigenvalue weighted by Crippen LogP contribution is -2.26. The molecule has 0 bridgehead atoms. The third-order valence-corrected chi connectivity index (χ3v) is 4.84. The van der Waals surface area contributed by atoms with E-state index in [4.69, 9.17) is 0 Å². The largest absolute Gasteiger partial charge is 0.316 e. The Morgan fingerprint density at radius 1 is 1.33 bits per heavy atom. The molecule has 1 saturated heterocycles. The zero-order chi connectivity index (χ0) is 14.6. The third kappa shape index (κ3) is 4.92.